The second-order valence-electron chi connectivity index (χ2n) is 5.23. The fourth-order valence-corrected chi connectivity index (χ4v) is 3.14. The zero-order valence-electron chi connectivity index (χ0n) is 11.8. The first-order valence-electron chi connectivity index (χ1n) is 7.15. The second kappa shape index (κ2) is 5.24. The molecule has 0 spiro atoms. The van der Waals surface area contributed by atoms with Gasteiger partial charge in [0.1, 0.15) is 0 Å². The molecule has 1 aromatic carbocycles. The van der Waals surface area contributed by atoms with E-state index in [0.29, 0.717) is 12.1 Å². The van der Waals surface area contributed by atoms with Gasteiger partial charge in [0.2, 0.25) is 0 Å². The number of hydrogen-bond donors (Lipinski definition) is 1. The number of fused-ring (bicyclic) bond motifs is 3. The third kappa shape index (κ3) is 2.18. The number of aromatic amines is 1. The molecule has 0 radical (unpaired) electrons. The highest BCUT2D eigenvalue weighted by Gasteiger charge is 2.30. The number of aryl methyl sites for hydroxylation is 1. The van der Waals surface area contributed by atoms with Crippen molar-refractivity contribution in [3.63, 3.8) is 0 Å². The number of H-pyrrole nitrogens is 1. The first-order chi connectivity index (χ1) is 10.1. The minimum absolute atomic E-state index is 0.129. The average Bonchev–Trinajstić information content (AvgIpc) is 2.85. The Balaban J connectivity index is 2.16. The van der Waals surface area contributed by atoms with Gasteiger partial charge in [-0.05, 0) is 31.7 Å². The lowest BCUT2D eigenvalue weighted by molar-refractivity contribution is -0.254. The highest BCUT2D eigenvalue weighted by Crippen LogP contribution is 2.37. The molecule has 0 saturated carbocycles. The molecule has 1 aliphatic rings. The third-order valence-corrected chi connectivity index (χ3v) is 4.03. The van der Waals surface area contributed by atoms with Crippen LogP contribution in [0, 0.1) is 0 Å². The molecule has 5 nitrogen and oxygen atoms in total. The van der Waals surface area contributed by atoms with E-state index < -0.39 is 5.97 Å². The molecule has 1 aliphatic carbocycles. The lowest BCUT2D eigenvalue weighted by Gasteiger charge is -2.20. The van der Waals surface area contributed by atoms with E-state index in [1.54, 1.807) is 13.0 Å². The summed E-state index contributed by atoms with van der Waals surface area (Å²) in [6, 6.07) is 5.10. The SMILES string of the molecule is CCOC(=O)[C@H]1CCCc2c1[nH]c1c(C(=O)[O-])cccc21. The van der Waals surface area contributed by atoms with Crippen molar-refractivity contribution in [2.45, 2.75) is 32.1 Å². The van der Waals surface area contributed by atoms with E-state index >= 15 is 0 Å². The average molecular weight is 286 g/mol. The molecule has 1 atom stereocenters. The number of esters is 1. The number of carbonyl (C=O) groups is 2. The summed E-state index contributed by atoms with van der Waals surface area (Å²) in [4.78, 5) is 26.4. The fourth-order valence-electron chi connectivity index (χ4n) is 3.14. The number of nitrogens with one attached hydrogen (secondary N) is 1. The highest BCUT2D eigenvalue weighted by atomic mass is 16.5. The first kappa shape index (κ1) is 13.7. The number of hydrogen-bond acceptors (Lipinski definition) is 4. The number of aromatic nitrogens is 1. The maximum atomic E-state index is 12.1. The van der Waals surface area contributed by atoms with Gasteiger partial charge in [-0.2, -0.15) is 0 Å². The van der Waals surface area contributed by atoms with Crippen LogP contribution in [0.15, 0.2) is 18.2 Å². The number of carboxylic acid groups (broad SMARTS) is 1. The van der Waals surface area contributed by atoms with Crippen LogP contribution in [0.3, 0.4) is 0 Å². The van der Waals surface area contributed by atoms with Crippen molar-refractivity contribution in [3.05, 3.63) is 35.0 Å². The van der Waals surface area contributed by atoms with E-state index in [-0.39, 0.29) is 17.5 Å². The largest absolute Gasteiger partial charge is 0.545 e. The Morgan fingerprint density at radius 3 is 2.95 bits per heavy atom. The summed E-state index contributed by atoms with van der Waals surface area (Å²) in [6.07, 6.45) is 2.44. The molecule has 0 fully saturated rings. The van der Waals surface area contributed by atoms with Crippen molar-refractivity contribution < 1.29 is 19.4 Å². The number of para-hydroxylation sites is 1. The molecular formula is C16H16NO4-. The lowest BCUT2D eigenvalue weighted by atomic mass is 9.86. The predicted molar refractivity (Wildman–Crippen MR) is 74.9 cm³/mol. The Hall–Kier alpha value is -2.30. The van der Waals surface area contributed by atoms with E-state index in [2.05, 4.69) is 4.98 Å². The van der Waals surface area contributed by atoms with Crippen LogP contribution in [0.1, 0.15) is 47.3 Å². The van der Waals surface area contributed by atoms with Gasteiger partial charge in [-0.1, -0.05) is 18.2 Å². The van der Waals surface area contributed by atoms with Gasteiger partial charge in [0.25, 0.3) is 0 Å². The van der Waals surface area contributed by atoms with Crippen LogP contribution in [0.4, 0.5) is 0 Å². The maximum Gasteiger partial charge on any atom is 0.314 e. The van der Waals surface area contributed by atoms with Crippen LogP contribution in [-0.4, -0.2) is 23.5 Å². The number of carboxylic acids is 1. The van der Waals surface area contributed by atoms with Crippen molar-refractivity contribution in [2.75, 3.05) is 6.61 Å². The minimum Gasteiger partial charge on any atom is -0.545 e. The first-order valence-corrected chi connectivity index (χ1v) is 7.15. The summed E-state index contributed by atoms with van der Waals surface area (Å²) in [5.41, 5.74) is 2.49. The summed E-state index contributed by atoms with van der Waals surface area (Å²) in [7, 11) is 0. The Morgan fingerprint density at radius 1 is 1.43 bits per heavy atom. The van der Waals surface area contributed by atoms with Gasteiger partial charge in [0.05, 0.1) is 24.0 Å². The van der Waals surface area contributed by atoms with Gasteiger partial charge in [-0.3, -0.25) is 4.79 Å². The minimum atomic E-state index is -1.22. The van der Waals surface area contributed by atoms with Crippen LogP contribution in [0.25, 0.3) is 10.9 Å². The summed E-state index contributed by atoms with van der Waals surface area (Å²) in [5, 5.41) is 12.1. The monoisotopic (exact) mass is 286 g/mol. The van der Waals surface area contributed by atoms with Crippen LogP contribution >= 0.6 is 0 Å². The quantitative estimate of drug-likeness (QED) is 0.867. The third-order valence-electron chi connectivity index (χ3n) is 4.03. The Kier molecular flexibility index (Phi) is 3.41. The van der Waals surface area contributed by atoms with E-state index in [1.807, 2.05) is 6.07 Å². The van der Waals surface area contributed by atoms with E-state index in [4.69, 9.17) is 4.74 Å². The molecule has 0 unspecified atom stereocenters. The van der Waals surface area contributed by atoms with Gasteiger partial charge < -0.3 is 19.6 Å². The standard InChI is InChI=1S/C16H17NO4/c1-2-21-16(20)12-8-4-6-10-9-5-3-7-11(15(18)19)13(9)17-14(10)12/h3,5,7,12,17H,2,4,6,8H2,1H3,(H,18,19)/p-1/t12-/m0/s1. The molecule has 1 aromatic heterocycles. The molecule has 0 amide bonds. The predicted octanol–water partition coefficient (Wildman–Crippen LogP) is 1.51. The van der Waals surface area contributed by atoms with Crippen molar-refractivity contribution in [1.82, 2.24) is 4.98 Å². The maximum absolute atomic E-state index is 12.1. The van der Waals surface area contributed by atoms with Crippen molar-refractivity contribution in [3.8, 4) is 0 Å². The van der Waals surface area contributed by atoms with Crippen LogP contribution in [0.5, 0.6) is 0 Å². The van der Waals surface area contributed by atoms with Gasteiger partial charge in [0.15, 0.2) is 0 Å². The van der Waals surface area contributed by atoms with Gasteiger partial charge >= 0.3 is 5.97 Å². The van der Waals surface area contributed by atoms with Crippen LogP contribution < -0.4 is 5.11 Å². The Bertz CT molecular complexity index is 716. The number of carbonyl (C=O) groups excluding carboxylic acids is 2. The molecule has 1 N–H and O–H groups in total. The summed E-state index contributed by atoms with van der Waals surface area (Å²) in [5.74, 6) is -1.80. The Labute approximate surface area is 121 Å². The molecule has 21 heavy (non-hydrogen) atoms. The molecule has 110 valence electrons. The second-order valence-corrected chi connectivity index (χ2v) is 5.23. The van der Waals surface area contributed by atoms with Gasteiger partial charge in [-0.25, -0.2) is 0 Å². The van der Waals surface area contributed by atoms with Crippen molar-refractivity contribution >= 4 is 22.8 Å². The van der Waals surface area contributed by atoms with Crippen molar-refractivity contribution in [2.24, 2.45) is 0 Å². The van der Waals surface area contributed by atoms with Gasteiger partial charge in [-0.15, -0.1) is 0 Å². The smallest absolute Gasteiger partial charge is 0.314 e. The fraction of sp³-hybridized carbons (Fsp3) is 0.375. The summed E-state index contributed by atoms with van der Waals surface area (Å²) < 4.78 is 5.12. The number of ether oxygens (including phenoxy) is 1. The van der Waals surface area contributed by atoms with E-state index in [1.165, 1.54) is 6.07 Å². The molecular weight excluding hydrogens is 270 g/mol. The Morgan fingerprint density at radius 2 is 2.24 bits per heavy atom. The molecule has 5 heteroatoms. The van der Waals surface area contributed by atoms with E-state index in [0.717, 1.165) is 35.9 Å². The topological polar surface area (TPSA) is 82.2 Å². The summed E-state index contributed by atoms with van der Waals surface area (Å²) >= 11 is 0. The highest BCUT2D eigenvalue weighted by molar-refractivity contribution is 6.03. The molecule has 0 bridgehead atoms. The van der Waals surface area contributed by atoms with Crippen molar-refractivity contribution in [1.29, 1.82) is 0 Å². The zero-order chi connectivity index (χ0) is 15.0. The van der Waals surface area contributed by atoms with Crippen LogP contribution in [-0.2, 0) is 16.0 Å². The molecule has 3 rings (SSSR count). The zero-order valence-corrected chi connectivity index (χ0v) is 11.8. The number of benzene rings is 1. The van der Waals surface area contributed by atoms with E-state index in [9.17, 15) is 14.7 Å². The van der Waals surface area contributed by atoms with Crippen LogP contribution in [0.2, 0.25) is 0 Å². The number of aromatic carboxylic acids is 1. The number of rotatable bonds is 3. The molecule has 1 heterocycles. The molecule has 0 saturated heterocycles. The molecule has 0 aliphatic heterocycles. The van der Waals surface area contributed by atoms with Gasteiger partial charge in [0, 0.05) is 16.6 Å². The molecule has 2 aromatic rings. The lowest BCUT2D eigenvalue weighted by Crippen LogP contribution is -2.22. The summed E-state index contributed by atoms with van der Waals surface area (Å²) in [6.45, 7) is 2.12. The normalized spacial score (nSPS) is 17.5.